The topological polar surface area (TPSA) is 116 Å². The highest BCUT2D eigenvalue weighted by Crippen LogP contribution is 2.28. The molecule has 3 N–H and O–H groups in total. The summed E-state index contributed by atoms with van der Waals surface area (Å²) < 4.78 is 79.6. The predicted molar refractivity (Wildman–Crippen MR) is 101 cm³/mol. The molecule has 29 heavy (non-hydrogen) atoms. The van der Waals surface area contributed by atoms with Crippen molar-refractivity contribution in [2.45, 2.75) is 13.1 Å². The second-order valence-corrected chi connectivity index (χ2v) is 8.21. The molecule has 14 heteroatoms. The summed E-state index contributed by atoms with van der Waals surface area (Å²) >= 11 is 4.74. The SMILES string of the molecule is CCS(=O)(=O)Nc1cc(-n2c(=O)cc(C(F)(F)F)n(C)c2=O)c(F)cc1C(N)=S. The van der Waals surface area contributed by atoms with E-state index in [4.69, 9.17) is 18.0 Å². The van der Waals surface area contributed by atoms with Crippen LogP contribution in [0.5, 0.6) is 0 Å². The Bertz CT molecular complexity index is 1220. The first-order chi connectivity index (χ1) is 13.2. The molecule has 2 aromatic rings. The van der Waals surface area contributed by atoms with Gasteiger partial charge in [0.15, 0.2) is 0 Å². The zero-order valence-electron chi connectivity index (χ0n) is 14.9. The van der Waals surface area contributed by atoms with E-state index in [-0.39, 0.29) is 32.2 Å². The van der Waals surface area contributed by atoms with Crippen molar-refractivity contribution in [2.24, 2.45) is 12.8 Å². The maximum atomic E-state index is 14.6. The van der Waals surface area contributed by atoms with E-state index < -0.39 is 49.6 Å². The summed E-state index contributed by atoms with van der Waals surface area (Å²) in [6.45, 7) is 1.31. The van der Waals surface area contributed by atoms with E-state index in [1.54, 1.807) is 0 Å². The molecule has 0 atom stereocenters. The van der Waals surface area contributed by atoms with Gasteiger partial charge in [0.1, 0.15) is 16.5 Å². The molecule has 1 aromatic carbocycles. The fraction of sp³-hybridized carbons (Fsp3) is 0.267. The number of sulfonamides is 1. The van der Waals surface area contributed by atoms with Crippen molar-refractivity contribution in [1.29, 1.82) is 0 Å². The number of thiocarbonyl (C=S) groups is 1. The number of nitrogens with two attached hydrogens (primary N) is 1. The van der Waals surface area contributed by atoms with Gasteiger partial charge >= 0.3 is 11.9 Å². The number of hydrogen-bond donors (Lipinski definition) is 2. The number of benzene rings is 1. The van der Waals surface area contributed by atoms with Gasteiger partial charge < -0.3 is 5.73 Å². The van der Waals surface area contributed by atoms with Crippen LogP contribution in [0.15, 0.2) is 27.8 Å². The van der Waals surface area contributed by atoms with E-state index in [2.05, 4.69) is 4.72 Å². The van der Waals surface area contributed by atoms with Crippen molar-refractivity contribution in [1.82, 2.24) is 9.13 Å². The van der Waals surface area contributed by atoms with Crippen LogP contribution in [0.2, 0.25) is 0 Å². The van der Waals surface area contributed by atoms with Crippen LogP contribution < -0.4 is 21.7 Å². The molecule has 0 aliphatic carbocycles. The average Bonchev–Trinajstić information content (AvgIpc) is 2.59. The minimum Gasteiger partial charge on any atom is -0.389 e. The molecular formula is C15H14F4N4O4S2. The zero-order valence-corrected chi connectivity index (χ0v) is 16.5. The minimum absolute atomic E-state index is 0.123. The van der Waals surface area contributed by atoms with Crippen LogP contribution in [-0.4, -0.2) is 28.3 Å². The van der Waals surface area contributed by atoms with E-state index in [1.165, 1.54) is 6.92 Å². The van der Waals surface area contributed by atoms with E-state index in [1.807, 2.05) is 0 Å². The molecule has 0 spiro atoms. The Morgan fingerprint density at radius 1 is 1.24 bits per heavy atom. The Kier molecular flexibility index (Phi) is 5.90. The van der Waals surface area contributed by atoms with Gasteiger partial charge in [-0.25, -0.2) is 22.2 Å². The average molecular weight is 454 g/mol. The summed E-state index contributed by atoms with van der Waals surface area (Å²) in [5.74, 6) is -1.61. The van der Waals surface area contributed by atoms with Crippen molar-refractivity contribution in [2.75, 3.05) is 10.5 Å². The largest absolute Gasteiger partial charge is 0.431 e. The lowest BCUT2D eigenvalue weighted by atomic mass is 10.1. The third kappa shape index (κ3) is 4.48. The van der Waals surface area contributed by atoms with Crippen molar-refractivity contribution in [3.05, 3.63) is 56.1 Å². The minimum atomic E-state index is -5.00. The predicted octanol–water partition coefficient (Wildman–Crippen LogP) is 1.09. The molecule has 158 valence electrons. The molecule has 0 unspecified atom stereocenters. The summed E-state index contributed by atoms with van der Waals surface area (Å²) in [4.78, 5) is 24.1. The molecule has 0 bridgehead atoms. The fourth-order valence-corrected chi connectivity index (χ4v) is 3.20. The molecule has 0 aliphatic heterocycles. The van der Waals surface area contributed by atoms with Gasteiger partial charge in [0.05, 0.1) is 17.1 Å². The molecular weight excluding hydrogens is 440 g/mol. The van der Waals surface area contributed by atoms with Crippen LogP contribution in [-0.2, 0) is 23.2 Å². The van der Waals surface area contributed by atoms with Gasteiger partial charge in [0, 0.05) is 18.7 Å². The number of nitrogens with zero attached hydrogens (tertiary/aromatic N) is 2. The van der Waals surface area contributed by atoms with Crippen LogP contribution in [0.4, 0.5) is 23.2 Å². The van der Waals surface area contributed by atoms with Gasteiger partial charge in [-0.05, 0) is 19.1 Å². The normalized spacial score (nSPS) is 12.1. The van der Waals surface area contributed by atoms with Crippen LogP contribution in [0.3, 0.4) is 0 Å². The van der Waals surface area contributed by atoms with Crippen LogP contribution in [0, 0.1) is 5.82 Å². The monoisotopic (exact) mass is 454 g/mol. The molecule has 1 heterocycles. The molecule has 1 aromatic heterocycles. The van der Waals surface area contributed by atoms with Crippen LogP contribution in [0.25, 0.3) is 5.69 Å². The summed E-state index contributed by atoms with van der Waals surface area (Å²) in [5.41, 5.74) is -0.396. The number of alkyl halides is 3. The number of nitrogens with one attached hydrogen (secondary N) is 1. The highest BCUT2D eigenvalue weighted by Gasteiger charge is 2.35. The fourth-order valence-electron chi connectivity index (χ4n) is 2.38. The number of rotatable bonds is 5. The first-order valence-electron chi connectivity index (χ1n) is 7.74. The first-order valence-corrected chi connectivity index (χ1v) is 9.80. The van der Waals surface area contributed by atoms with Crippen molar-refractivity contribution in [3.63, 3.8) is 0 Å². The van der Waals surface area contributed by atoms with Gasteiger partial charge in [-0.2, -0.15) is 13.2 Å². The van der Waals surface area contributed by atoms with Crippen molar-refractivity contribution >= 4 is 32.9 Å². The van der Waals surface area contributed by atoms with E-state index in [0.29, 0.717) is 6.07 Å². The molecule has 0 saturated carbocycles. The van der Waals surface area contributed by atoms with E-state index >= 15 is 0 Å². The highest BCUT2D eigenvalue weighted by atomic mass is 32.2. The van der Waals surface area contributed by atoms with Gasteiger partial charge in [0.25, 0.3) is 5.56 Å². The second-order valence-electron chi connectivity index (χ2n) is 5.76. The smallest absolute Gasteiger partial charge is 0.389 e. The summed E-state index contributed by atoms with van der Waals surface area (Å²) in [7, 11) is -3.15. The Morgan fingerprint density at radius 3 is 2.31 bits per heavy atom. The van der Waals surface area contributed by atoms with Gasteiger partial charge in [0.2, 0.25) is 10.0 Å². The van der Waals surface area contributed by atoms with E-state index in [9.17, 15) is 35.6 Å². The number of aromatic nitrogens is 2. The number of anilines is 1. The Hall–Kier alpha value is -2.74. The maximum absolute atomic E-state index is 14.6. The maximum Gasteiger partial charge on any atom is 0.431 e. The molecule has 8 nitrogen and oxygen atoms in total. The Morgan fingerprint density at radius 2 is 1.83 bits per heavy atom. The lowest BCUT2D eigenvalue weighted by Gasteiger charge is -2.17. The summed E-state index contributed by atoms with van der Waals surface area (Å²) in [6.07, 6.45) is -5.00. The third-order valence-corrected chi connectivity index (χ3v) is 5.36. The van der Waals surface area contributed by atoms with Gasteiger partial charge in [-0.1, -0.05) is 12.2 Å². The van der Waals surface area contributed by atoms with Gasteiger partial charge in [-0.15, -0.1) is 0 Å². The summed E-state index contributed by atoms with van der Waals surface area (Å²) in [5, 5.41) is 0. The van der Waals surface area contributed by atoms with Crippen LogP contribution >= 0.6 is 12.2 Å². The molecule has 0 radical (unpaired) electrons. The standard InChI is InChI=1S/C15H14F4N4O4S2/c1-3-29(26,27)21-9-5-10(8(16)4-7(9)13(20)28)23-12(24)6-11(15(17,18)19)22(2)14(23)25/h4-6,21H,3H2,1-2H3,(H2,20,28). The van der Waals surface area contributed by atoms with Crippen molar-refractivity contribution < 1.29 is 26.0 Å². The molecule has 0 fully saturated rings. The lowest BCUT2D eigenvalue weighted by Crippen LogP contribution is -2.41. The quantitative estimate of drug-likeness (QED) is 0.516. The van der Waals surface area contributed by atoms with E-state index in [0.717, 1.165) is 13.1 Å². The molecule has 2 rings (SSSR count). The first kappa shape index (κ1) is 22.5. The number of halogens is 4. The molecule has 0 saturated heterocycles. The zero-order chi connectivity index (χ0) is 22.3. The second kappa shape index (κ2) is 7.59. The molecule has 0 amide bonds. The third-order valence-electron chi connectivity index (χ3n) is 3.85. The highest BCUT2D eigenvalue weighted by molar-refractivity contribution is 7.92. The molecule has 0 aliphatic rings. The number of hydrogen-bond acceptors (Lipinski definition) is 5. The van der Waals surface area contributed by atoms with Crippen LogP contribution in [0.1, 0.15) is 18.2 Å². The summed E-state index contributed by atoms with van der Waals surface area (Å²) in [6, 6.07) is 1.56. The van der Waals surface area contributed by atoms with Crippen molar-refractivity contribution in [3.8, 4) is 5.69 Å². The van der Waals surface area contributed by atoms with Gasteiger partial charge in [-0.3, -0.25) is 14.1 Å². The Balaban J connectivity index is 2.86. The Labute approximate surface area is 166 Å². The lowest BCUT2D eigenvalue weighted by molar-refractivity contribution is -0.144.